The van der Waals surface area contributed by atoms with Gasteiger partial charge < -0.3 is 11.1 Å². The van der Waals surface area contributed by atoms with Gasteiger partial charge in [-0.15, -0.1) is 0 Å². The van der Waals surface area contributed by atoms with Crippen molar-refractivity contribution in [3.63, 3.8) is 0 Å². The molecular formula is C17H25FN2O. The van der Waals surface area contributed by atoms with Crippen molar-refractivity contribution in [2.24, 2.45) is 11.3 Å². The largest absolute Gasteiger partial charge is 0.398 e. The van der Waals surface area contributed by atoms with Crippen molar-refractivity contribution in [2.45, 2.75) is 46.0 Å². The van der Waals surface area contributed by atoms with Crippen LogP contribution in [0.25, 0.3) is 0 Å². The number of rotatable bonds is 5. The predicted octanol–water partition coefficient (Wildman–Crippen LogP) is 3.74. The van der Waals surface area contributed by atoms with Crippen LogP contribution in [-0.2, 0) is 0 Å². The highest BCUT2D eigenvalue weighted by molar-refractivity contribution is 5.99. The Morgan fingerprint density at radius 3 is 2.67 bits per heavy atom. The van der Waals surface area contributed by atoms with Gasteiger partial charge in [-0.1, -0.05) is 26.7 Å². The molecule has 0 radical (unpaired) electrons. The van der Waals surface area contributed by atoms with Gasteiger partial charge in [-0.25, -0.2) is 4.39 Å². The SMILES string of the molecule is CC(C)CC1(CNC(=O)c2cc(F)ccc2N)CCCC1. The Bertz CT molecular complexity index is 508. The first-order chi connectivity index (χ1) is 9.92. The smallest absolute Gasteiger partial charge is 0.253 e. The number of anilines is 1. The number of carbonyl (C=O) groups excluding carboxylic acids is 1. The van der Waals surface area contributed by atoms with E-state index in [4.69, 9.17) is 5.73 Å². The molecule has 0 spiro atoms. The molecule has 0 unspecified atom stereocenters. The standard InChI is InChI=1S/C17H25FN2O/c1-12(2)10-17(7-3-4-8-17)11-20-16(21)14-9-13(18)5-6-15(14)19/h5-6,9,12H,3-4,7-8,10-11,19H2,1-2H3,(H,20,21). The quantitative estimate of drug-likeness (QED) is 0.812. The number of amides is 1. The molecule has 1 aromatic carbocycles. The summed E-state index contributed by atoms with van der Waals surface area (Å²) >= 11 is 0. The summed E-state index contributed by atoms with van der Waals surface area (Å²) in [7, 11) is 0. The number of halogens is 1. The highest BCUT2D eigenvalue weighted by Crippen LogP contribution is 2.42. The lowest BCUT2D eigenvalue weighted by Gasteiger charge is -2.31. The first-order valence-corrected chi connectivity index (χ1v) is 7.75. The third-order valence-corrected chi connectivity index (χ3v) is 4.39. The van der Waals surface area contributed by atoms with Crippen molar-refractivity contribution in [1.29, 1.82) is 0 Å². The molecule has 2 rings (SSSR count). The van der Waals surface area contributed by atoms with Gasteiger partial charge in [-0.05, 0) is 48.8 Å². The van der Waals surface area contributed by atoms with Gasteiger partial charge in [-0.3, -0.25) is 4.79 Å². The molecule has 0 atom stereocenters. The molecule has 0 bridgehead atoms. The Morgan fingerprint density at radius 1 is 1.38 bits per heavy atom. The molecule has 116 valence electrons. The molecule has 3 N–H and O–H groups in total. The van der Waals surface area contributed by atoms with E-state index in [0.717, 1.165) is 19.3 Å². The van der Waals surface area contributed by atoms with Crippen LogP contribution < -0.4 is 11.1 Å². The number of nitrogen functional groups attached to an aromatic ring is 1. The topological polar surface area (TPSA) is 55.1 Å². The van der Waals surface area contributed by atoms with E-state index in [0.29, 0.717) is 18.2 Å². The van der Waals surface area contributed by atoms with E-state index in [1.165, 1.54) is 31.0 Å². The normalized spacial score (nSPS) is 17.1. The maximum Gasteiger partial charge on any atom is 0.253 e. The fourth-order valence-electron chi connectivity index (χ4n) is 3.53. The van der Waals surface area contributed by atoms with Crippen LogP contribution in [-0.4, -0.2) is 12.5 Å². The molecule has 1 saturated carbocycles. The van der Waals surface area contributed by atoms with E-state index in [1.54, 1.807) is 0 Å². The molecule has 1 fully saturated rings. The molecule has 0 aromatic heterocycles. The average Bonchev–Trinajstić information content (AvgIpc) is 2.87. The summed E-state index contributed by atoms with van der Waals surface area (Å²) in [6.07, 6.45) is 5.88. The fraction of sp³-hybridized carbons (Fsp3) is 0.588. The predicted molar refractivity (Wildman–Crippen MR) is 83.5 cm³/mol. The summed E-state index contributed by atoms with van der Waals surface area (Å²) in [6, 6.07) is 3.90. The van der Waals surface area contributed by atoms with Gasteiger partial charge in [0.15, 0.2) is 0 Å². The van der Waals surface area contributed by atoms with Crippen LogP contribution >= 0.6 is 0 Å². The minimum atomic E-state index is -0.438. The number of nitrogens with two attached hydrogens (primary N) is 1. The third kappa shape index (κ3) is 3.96. The number of hydrogen-bond acceptors (Lipinski definition) is 2. The lowest BCUT2D eigenvalue weighted by molar-refractivity contribution is 0.0922. The van der Waals surface area contributed by atoms with Gasteiger partial charge in [0.25, 0.3) is 5.91 Å². The Hall–Kier alpha value is -1.58. The lowest BCUT2D eigenvalue weighted by atomic mass is 9.78. The zero-order valence-electron chi connectivity index (χ0n) is 12.9. The van der Waals surface area contributed by atoms with E-state index in [2.05, 4.69) is 19.2 Å². The van der Waals surface area contributed by atoms with E-state index in [1.807, 2.05) is 0 Å². The van der Waals surface area contributed by atoms with Crippen LogP contribution in [0.15, 0.2) is 18.2 Å². The van der Waals surface area contributed by atoms with Gasteiger partial charge in [0.2, 0.25) is 0 Å². The van der Waals surface area contributed by atoms with E-state index in [-0.39, 0.29) is 16.9 Å². The molecule has 4 heteroatoms. The van der Waals surface area contributed by atoms with Crippen LogP contribution in [0.3, 0.4) is 0 Å². The summed E-state index contributed by atoms with van der Waals surface area (Å²) in [4.78, 5) is 12.2. The Kier molecular flexibility index (Phi) is 4.86. The van der Waals surface area contributed by atoms with Gasteiger partial charge >= 0.3 is 0 Å². The van der Waals surface area contributed by atoms with Crippen molar-refractivity contribution in [1.82, 2.24) is 5.32 Å². The van der Waals surface area contributed by atoms with Crippen molar-refractivity contribution in [2.75, 3.05) is 12.3 Å². The summed E-state index contributed by atoms with van der Waals surface area (Å²) in [5.41, 5.74) is 6.51. The van der Waals surface area contributed by atoms with E-state index >= 15 is 0 Å². The molecule has 1 aromatic rings. The number of carbonyl (C=O) groups is 1. The molecule has 0 heterocycles. The second kappa shape index (κ2) is 6.46. The summed E-state index contributed by atoms with van der Waals surface area (Å²) in [6.45, 7) is 5.08. The van der Waals surface area contributed by atoms with Gasteiger partial charge in [0.1, 0.15) is 5.82 Å². The maximum atomic E-state index is 13.3. The maximum absolute atomic E-state index is 13.3. The zero-order valence-corrected chi connectivity index (χ0v) is 12.9. The van der Waals surface area contributed by atoms with Crippen molar-refractivity contribution in [3.8, 4) is 0 Å². The molecule has 1 aliphatic rings. The summed E-state index contributed by atoms with van der Waals surface area (Å²) < 4.78 is 13.3. The van der Waals surface area contributed by atoms with Crippen LogP contribution in [0.5, 0.6) is 0 Å². The average molecular weight is 292 g/mol. The van der Waals surface area contributed by atoms with Crippen molar-refractivity contribution >= 4 is 11.6 Å². The highest BCUT2D eigenvalue weighted by atomic mass is 19.1. The van der Waals surface area contributed by atoms with Gasteiger partial charge in [0, 0.05) is 12.2 Å². The van der Waals surface area contributed by atoms with Crippen molar-refractivity contribution in [3.05, 3.63) is 29.6 Å². The van der Waals surface area contributed by atoms with E-state index < -0.39 is 5.82 Å². The number of benzene rings is 1. The molecule has 3 nitrogen and oxygen atoms in total. The molecular weight excluding hydrogens is 267 g/mol. The monoisotopic (exact) mass is 292 g/mol. The van der Waals surface area contributed by atoms with Crippen LogP contribution in [0.2, 0.25) is 0 Å². The van der Waals surface area contributed by atoms with Crippen LogP contribution in [0.1, 0.15) is 56.3 Å². The first-order valence-electron chi connectivity index (χ1n) is 7.75. The Balaban J connectivity index is 2.03. The first kappa shape index (κ1) is 15.8. The second-order valence-electron chi connectivity index (χ2n) is 6.72. The minimum absolute atomic E-state index is 0.200. The summed E-state index contributed by atoms with van der Waals surface area (Å²) in [5, 5.41) is 2.97. The fourth-order valence-corrected chi connectivity index (χ4v) is 3.53. The van der Waals surface area contributed by atoms with Crippen LogP contribution in [0, 0.1) is 17.2 Å². The lowest BCUT2D eigenvalue weighted by Crippen LogP contribution is -2.37. The van der Waals surface area contributed by atoms with Gasteiger partial charge in [-0.2, -0.15) is 0 Å². The second-order valence-corrected chi connectivity index (χ2v) is 6.72. The molecule has 0 saturated heterocycles. The van der Waals surface area contributed by atoms with Crippen LogP contribution in [0.4, 0.5) is 10.1 Å². The molecule has 1 amide bonds. The summed E-state index contributed by atoms with van der Waals surface area (Å²) in [5.74, 6) is -0.103. The third-order valence-electron chi connectivity index (χ3n) is 4.39. The Labute approximate surface area is 126 Å². The zero-order chi connectivity index (χ0) is 15.5. The molecule has 1 aliphatic carbocycles. The number of hydrogen-bond donors (Lipinski definition) is 2. The molecule has 21 heavy (non-hydrogen) atoms. The van der Waals surface area contributed by atoms with Gasteiger partial charge in [0.05, 0.1) is 5.56 Å². The minimum Gasteiger partial charge on any atom is -0.398 e. The molecule has 0 aliphatic heterocycles. The van der Waals surface area contributed by atoms with Crippen molar-refractivity contribution < 1.29 is 9.18 Å². The number of nitrogens with one attached hydrogen (secondary N) is 1. The highest BCUT2D eigenvalue weighted by Gasteiger charge is 2.34. The van der Waals surface area contributed by atoms with E-state index in [9.17, 15) is 9.18 Å². The Morgan fingerprint density at radius 2 is 2.05 bits per heavy atom.